The normalized spacial score (nSPS) is 15.7. The van der Waals surface area contributed by atoms with Gasteiger partial charge in [0.15, 0.2) is 0 Å². The fourth-order valence-electron chi connectivity index (χ4n) is 3.14. The first-order valence-corrected chi connectivity index (χ1v) is 11.2. The minimum Gasteiger partial charge on any atom is -0.340 e. The van der Waals surface area contributed by atoms with E-state index in [0.717, 1.165) is 15.6 Å². The molecule has 0 unspecified atom stereocenters. The van der Waals surface area contributed by atoms with E-state index < -0.39 is 10.0 Å². The first-order valence-electron chi connectivity index (χ1n) is 8.95. The molecule has 0 radical (unpaired) electrons. The van der Waals surface area contributed by atoms with E-state index in [1.54, 1.807) is 29.2 Å². The highest BCUT2D eigenvalue weighted by atomic mass is 79.9. The summed E-state index contributed by atoms with van der Waals surface area (Å²) in [5.41, 5.74) is 2.13. The third-order valence-corrected chi connectivity index (χ3v) is 7.17. The fraction of sp³-hybridized carbons (Fsp3) is 0.350. The second kappa shape index (κ2) is 8.54. The van der Waals surface area contributed by atoms with Gasteiger partial charge in [-0.1, -0.05) is 45.8 Å². The summed E-state index contributed by atoms with van der Waals surface area (Å²) in [6.45, 7) is 3.46. The van der Waals surface area contributed by atoms with Crippen molar-refractivity contribution >= 4 is 31.9 Å². The number of benzene rings is 2. The van der Waals surface area contributed by atoms with Gasteiger partial charge in [0.2, 0.25) is 15.9 Å². The molecule has 1 heterocycles. The lowest BCUT2D eigenvalue weighted by atomic mass is 10.1. The van der Waals surface area contributed by atoms with Crippen LogP contribution >= 0.6 is 15.9 Å². The molecular weight excluding hydrogens is 428 g/mol. The lowest BCUT2D eigenvalue weighted by Crippen LogP contribution is -2.50. The van der Waals surface area contributed by atoms with Gasteiger partial charge in [-0.25, -0.2) is 8.42 Å². The molecule has 1 aliphatic heterocycles. The standard InChI is InChI=1S/C20H23BrN2O3S/c1-16-5-8-19(9-6-16)27(25,26)23-13-11-22(12-14-23)20(24)10-7-17-3-2-4-18(21)15-17/h2-6,8-9,15H,7,10-14H2,1H3. The second-order valence-corrected chi connectivity index (χ2v) is 9.58. The molecular formula is C20H23BrN2O3S. The SMILES string of the molecule is Cc1ccc(S(=O)(=O)N2CCN(C(=O)CCc3cccc(Br)c3)CC2)cc1. The number of hydrogen-bond acceptors (Lipinski definition) is 3. The van der Waals surface area contributed by atoms with Crippen LogP contribution < -0.4 is 0 Å². The number of sulfonamides is 1. The van der Waals surface area contributed by atoms with Gasteiger partial charge in [0.05, 0.1) is 4.90 Å². The highest BCUT2D eigenvalue weighted by Gasteiger charge is 2.29. The molecule has 1 saturated heterocycles. The summed E-state index contributed by atoms with van der Waals surface area (Å²) in [5.74, 6) is 0.0716. The molecule has 1 fully saturated rings. The van der Waals surface area contributed by atoms with E-state index in [4.69, 9.17) is 0 Å². The second-order valence-electron chi connectivity index (χ2n) is 6.73. The van der Waals surface area contributed by atoms with Crippen LogP contribution in [0, 0.1) is 6.92 Å². The first-order chi connectivity index (χ1) is 12.9. The fourth-order valence-corrected chi connectivity index (χ4v) is 5.01. The van der Waals surface area contributed by atoms with Crippen molar-refractivity contribution in [1.29, 1.82) is 0 Å². The molecule has 2 aromatic carbocycles. The first kappa shape index (κ1) is 20.0. The number of hydrogen-bond donors (Lipinski definition) is 0. The van der Waals surface area contributed by atoms with Crippen LogP contribution in [0.5, 0.6) is 0 Å². The Hall–Kier alpha value is -1.70. The molecule has 0 bridgehead atoms. The molecule has 7 heteroatoms. The van der Waals surface area contributed by atoms with Crippen LogP contribution in [0.25, 0.3) is 0 Å². The maximum Gasteiger partial charge on any atom is 0.243 e. The molecule has 0 atom stereocenters. The number of piperazine rings is 1. The molecule has 144 valence electrons. The van der Waals surface area contributed by atoms with E-state index in [1.165, 1.54) is 4.31 Å². The zero-order chi connectivity index (χ0) is 19.4. The molecule has 3 rings (SSSR count). The van der Waals surface area contributed by atoms with Gasteiger partial charge in [-0.3, -0.25) is 4.79 Å². The summed E-state index contributed by atoms with van der Waals surface area (Å²) in [4.78, 5) is 14.5. The van der Waals surface area contributed by atoms with E-state index in [-0.39, 0.29) is 5.91 Å². The predicted molar refractivity (Wildman–Crippen MR) is 109 cm³/mol. The number of carbonyl (C=O) groups excluding carboxylic acids is 1. The van der Waals surface area contributed by atoms with Crippen LogP contribution in [0.1, 0.15) is 17.5 Å². The number of carbonyl (C=O) groups is 1. The van der Waals surface area contributed by atoms with Crippen molar-refractivity contribution in [1.82, 2.24) is 9.21 Å². The quantitative estimate of drug-likeness (QED) is 0.702. The van der Waals surface area contributed by atoms with Crippen molar-refractivity contribution in [3.63, 3.8) is 0 Å². The van der Waals surface area contributed by atoms with Gasteiger partial charge in [0.1, 0.15) is 0 Å². The Morgan fingerprint density at radius 3 is 2.33 bits per heavy atom. The molecule has 1 amide bonds. The van der Waals surface area contributed by atoms with E-state index in [0.29, 0.717) is 43.9 Å². The van der Waals surface area contributed by atoms with Gasteiger partial charge in [-0.15, -0.1) is 0 Å². The Balaban J connectivity index is 1.55. The summed E-state index contributed by atoms with van der Waals surface area (Å²) < 4.78 is 27.9. The molecule has 1 aliphatic rings. The maximum absolute atomic E-state index is 12.7. The Labute approximate surface area is 169 Å². The van der Waals surface area contributed by atoms with Crippen molar-refractivity contribution in [2.24, 2.45) is 0 Å². The Kier molecular flexibility index (Phi) is 6.34. The number of halogens is 1. The largest absolute Gasteiger partial charge is 0.340 e. The predicted octanol–water partition coefficient (Wildman–Crippen LogP) is 3.22. The van der Waals surface area contributed by atoms with Gasteiger partial charge in [0.25, 0.3) is 0 Å². The van der Waals surface area contributed by atoms with E-state index in [2.05, 4.69) is 15.9 Å². The lowest BCUT2D eigenvalue weighted by Gasteiger charge is -2.34. The van der Waals surface area contributed by atoms with Crippen LogP contribution in [0.4, 0.5) is 0 Å². The zero-order valence-electron chi connectivity index (χ0n) is 15.3. The van der Waals surface area contributed by atoms with Gasteiger partial charge in [-0.05, 0) is 43.2 Å². The van der Waals surface area contributed by atoms with Gasteiger partial charge >= 0.3 is 0 Å². The molecule has 0 saturated carbocycles. The molecule has 0 aromatic heterocycles. The van der Waals surface area contributed by atoms with Gasteiger partial charge in [0, 0.05) is 37.1 Å². The third-order valence-electron chi connectivity index (χ3n) is 4.77. The number of amides is 1. The van der Waals surface area contributed by atoms with E-state index in [9.17, 15) is 13.2 Å². The Bertz CT molecular complexity index is 905. The highest BCUT2D eigenvalue weighted by Crippen LogP contribution is 2.19. The van der Waals surface area contributed by atoms with Crippen LogP contribution in [-0.2, 0) is 21.2 Å². The summed E-state index contributed by atoms with van der Waals surface area (Å²) in [5, 5.41) is 0. The highest BCUT2D eigenvalue weighted by molar-refractivity contribution is 9.10. The van der Waals surface area contributed by atoms with Crippen molar-refractivity contribution in [2.45, 2.75) is 24.7 Å². The summed E-state index contributed by atoms with van der Waals surface area (Å²) in [7, 11) is -3.50. The number of aryl methyl sites for hydroxylation is 2. The van der Waals surface area contributed by atoms with E-state index in [1.807, 2.05) is 31.2 Å². The van der Waals surface area contributed by atoms with Crippen molar-refractivity contribution < 1.29 is 13.2 Å². The van der Waals surface area contributed by atoms with Crippen molar-refractivity contribution in [3.05, 3.63) is 64.1 Å². The average molecular weight is 451 g/mol. The monoisotopic (exact) mass is 450 g/mol. The minimum absolute atomic E-state index is 0.0716. The van der Waals surface area contributed by atoms with Gasteiger partial charge in [-0.2, -0.15) is 4.31 Å². The molecule has 2 aromatic rings. The smallest absolute Gasteiger partial charge is 0.243 e. The minimum atomic E-state index is -3.50. The molecule has 5 nitrogen and oxygen atoms in total. The third kappa shape index (κ3) is 4.97. The zero-order valence-corrected chi connectivity index (χ0v) is 17.7. The van der Waals surface area contributed by atoms with Gasteiger partial charge < -0.3 is 4.90 Å². The molecule has 0 N–H and O–H groups in total. The number of nitrogens with zero attached hydrogens (tertiary/aromatic N) is 2. The van der Waals surface area contributed by atoms with Crippen LogP contribution in [0.3, 0.4) is 0 Å². The lowest BCUT2D eigenvalue weighted by molar-refractivity contribution is -0.132. The molecule has 0 spiro atoms. The average Bonchev–Trinajstić information content (AvgIpc) is 2.66. The van der Waals surface area contributed by atoms with Crippen molar-refractivity contribution in [2.75, 3.05) is 26.2 Å². The summed E-state index contributed by atoms with van der Waals surface area (Å²) >= 11 is 3.44. The Morgan fingerprint density at radius 1 is 1.04 bits per heavy atom. The van der Waals surface area contributed by atoms with E-state index >= 15 is 0 Å². The Morgan fingerprint density at radius 2 is 1.70 bits per heavy atom. The molecule has 0 aliphatic carbocycles. The van der Waals surface area contributed by atoms with Crippen LogP contribution in [0.2, 0.25) is 0 Å². The van der Waals surface area contributed by atoms with Crippen molar-refractivity contribution in [3.8, 4) is 0 Å². The van der Waals surface area contributed by atoms with Crippen LogP contribution in [-0.4, -0.2) is 49.7 Å². The number of rotatable bonds is 5. The van der Waals surface area contributed by atoms with Crippen LogP contribution in [0.15, 0.2) is 57.9 Å². The summed E-state index contributed by atoms with van der Waals surface area (Å²) in [6.07, 6.45) is 1.11. The summed E-state index contributed by atoms with van der Waals surface area (Å²) in [6, 6.07) is 14.8. The maximum atomic E-state index is 12.7. The topological polar surface area (TPSA) is 57.7 Å². The molecule has 27 heavy (non-hydrogen) atoms.